The molecule has 0 bridgehead atoms. The van der Waals surface area contributed by atoms with Gasteiger partial charge in [0.15, 0.2) is 0 Å². The molecule has 1 aliphatic heterocycles. The molecule has 4 rings (SSSR count). The Bertz CT molecular complexity index is 716. The van der Waals surface area contributed by atoms with E-state index in [-0.39, 0.29) is 0 Å². The summed E-state index contributed by atoms with van der Waals surface area (Å²) in [5, 5.41) is 4.54. The molecule has 5 heteroatoms. The van der Waals surface area contributed by atoms with Gasteiger partial charge in [-0.05, 0) is 42.2 Å². The molecule has 2 aromatic rings. The summed E-state index contributed by atoms with van der Waals surface area (Å²) in [5.74, 6) is 1.09. The first-order valence-electron chi connectivity index (χ1n) is 8.59. The van der Waals surface area contributed by atoms with Gasteiger partial charge in [-0.1, -0.05) is 23.7 Å². The topological polar surface area (TPSA) is 37.4 Å². The van der Waals surface area contributed by atoms with Crippen LogP contribution in [0.15, 0.2) is 36.5 Å². The standard InChI is InChI=1S/C19H22ClN3O/c20-16-4-5-17-14(12-16)3-6-18(17)22-13-15-2-1-7-21-19(15)23-8-10-24-11-9-23/h1-2,4-5,7,12,18,22H,3,6,8-11,13H2. The number of pyridine rings is 1. The van der Waals surface area contributed by atoms with Gasteiger partial charge in [-0.25, -0.2) is 4.98 Å². The number of aromatic nitrogens is 1. The fourth-order valence-corrected chi connectivity index (χ4v) is 3.85. The minimum absolute atomic E-state index is 0.398. The molecule has 0 radical (unpaired) electrons. The van der Waals surface area contributed by atoms with Crippen LogP contribution in [0.1, 0.15) is 29.2 Å². The number of morpholine rings is 1. The Balaban J connectivity index is 1.47. The van der Waals surface area contributed by atoms with Gasteiger partial charge < -0.3 is 15.0 Å². The van der Waals surface area contributed by atoms with E-state index in [0.29, 0.717) is 6.04 Å². The molecule has 1 N–H and O–H groups in total. The lowest BCUT2D eigenvalue weighted by molar-refractivity contribution is 0.122. The summed E-state index contributed by atoms with van der Waals surface area (Å²) in [6.45, 7) is 4.21. The lowest BCUT2D eigenvalue weighted by Crippen LogP contribution is -2.37. The third kappa shape index (κ3) is 3.27. The van der Waals surface area contributed by atoms with Crippen LogP contribution in [-0.4, -0.2) is 31.3 Å². The molecule has 1 saturated heterocycles. The van der Waals surface area contributed by atoms with Gasteiger partial charge in [-0.15, -0.1) is 0 Å². The Hall–Kier alpha value is -1.62. The van der Waals surface area contributed by atoms with E-state index in [0.717, 1.165) is 56.5 Å². The summed E-state index contributed by atoms with van der Waals surface area (Å²) >= 11 is 6.11. The van der Waals surface area contributed by atoms with E-state index in [4.69, 9.17) is 16.3 Å². The first-order chi connectivity index (χ1) is 11.8. The summed E-state index contributed by atoms with van der Waals surface area (Å²) in [5.41, 5.74) is 4.01. The molecule has 1 atom stereocenters. The van der Waals surface area contributed by atoms with Crippen molar-refractivity contribution in [1.29, 1.82) is 0 Å². The number of fused-ring (bicyclic) bond motifs is 1. The van der Waals surface area contributed by atoms with Crippen molar-refractivity contribution in [3.63, 3.8) is 0 Å². The molecule has 1 aliphatic carbocycles. The number of nitrogens with one attached hydrogen (secondary N) is 1. The number of anilines is 1. The number of ether oxygens (including phenoxy) is 1. The molecular weight excluding hydrogens is 322 g/mol. The molecule has 1 aromatic carbocycles. The number of halogens is 1. The lowest BCUT2D eigenvalue weighted by Gasteiger charge is -2.29. The molecule has 2 heterocycles. The maximum atomic E-state index is 6.11. The summed E-state index contributed by atoms with van der Waals surface area (Å²) < 4.78 is 5.46. The number of nitrogens with zero attached hydrogens (tertiary/aromatic N) is 2. The highest BCUT2D eigenvalue weighted by Gasteiger charge is 2.23. The zero-order chi connectivity index (χ0) is 16.4. The van der Waals surface area contributed by atoms with Gasteiger partial charge in [0.05, 0.1) is 13.2 Å². The second-order valence-electron chi connectivity index (χ2n) is 6.40. The van der Waals surface area contributed by atoms with Crippen LogP contribution in [0.5, 0.6) is 0 Å². The highest BCUT2D eigenvalue weighted by atomic mass is 35.5. The second kappa shape index (κ2) is 7.09. The van der Waals surface area contributed by atoms with E-state index in [1.54, 1.807) is 0 Å². The Kier molecular flexibility index (Phi) is 4.69. The molecule has 0 amide bonds. The van der Waals surface area contributed by atoms with Gasteiger partial charge in [0.1, 0.15) is 5.82 Å². The average Bonchev–Trinajstić information content (AvgIpc) is 3.03. The van der Waals surface area contributed by atoms with Crippen molar-refractivity contribution in [3.05, 3.63) is 58.2 Å². The van der Waals surface area contributed by atoms with Crippen molar-refractivity contribution in [3.8, 4) is 0 Å². The molecule has 126 valence electrons. The lowest BCUT2D eigenvalue weighted by atomic mass is 10.1. The second-order valence-corrected chi connectivity index (χ2v) is 6.84. The highest BCUT2D eigenvalue weighted by Crippen LogP contribution is 2.33. The van der Waals surface area contributed by atoms with Crippen LogP contribution in [-0.2, 0) is 17.7 Å². The Morgan fingerprint density at radius 1 is 1.25 bits per heavy atom. The molecule has 1 aromatic heterocycles. The van der Waals surface area contributed by atoms with Crippen LogP contribution in [0.4, 0.5) is 5.82 Å². The van der Waals surface area contributed by atoms with Crippen molar-refractivity contribution >= 4 is 17.4 Å². The van der Waals surface area contributed by atoms with E-state index >= 15 is 0 Å². The normalized spacial score (nSPS) is 20.2. The number of benzene rings is 1. The van der Waals surface area contributed by atoms with Crippen LogP contribution in [0.3, 0.4) is 0 Å². The minimum atomic E-state index is 0.398. The summed E-state index contributed by atoms with van der Waals surface area (Å²) in [7, 11) is 0. The first kappa shape index (κ1) is 15.9. The SMILES string of the molecule is Clc1ccc2c(c1)CCC2NCc1cccnc1N1CCOCC1. The average molecular weight is 344 g/mol. The zero-order valence-corrected chi connectivity index (χ0v) is 14.4. The summed E-state index contributed by atoms with van der Waals surface area (Å²) in [6.07, 6.45) is 4.10. The minimum Gasteiger partial charge on any atom is -0.378 e. The van der Waals surface area contributed by atoms with E-state index in [2.05, 4.69) is 33.4 Å². The molecule has 0 saturated carbocycles. The van der Waals surface area contributed by atoms with Crippen LogP contribution in [0.2, 0.25) is 5.02 Å². The fraction of sp³-hybridized carbons (Fsp3) is 0.421. The third-order valence-corrected chi connectivity index (χ3v) is 5.13. The number of hydrogen-bond acceptors (Lipinski definition) is 4. The predicted molar refractivity (Wildman–Crippen MR) is 96.6 cm³/mol. The number of aryl methyl sites for hydroxylation is 1. The van der Waals surface area contributed by atoms with E-state index < -0.39 is 0 Å². The smallest absolute Gasteiger partial charge is 0.133 e. The van der Waals surface area contributed by atoms with Crippen molar-refractivity contribution < 1.29 is 4.74 Å². The van der Waals surface area contributed by atoms with E-state index in [9.17, 15) is 0 Å². The van der Waals surface area contributed by atoms with Gasteiger partial charge in [0.2, 0.25) is 0 Å². The van der Waals surface area contributed by atoms with Crippen LogP contribution in [0.25, 0.3) is 0 Å². The monoisotopic (exact) mass is 343 g/mol. The molecule has 0 spiro atoms. The van der Waals surface area contributed by atoms with Gasteiger partial charge in [-0.2, -0.15) is 0 Å². The molecule has 2 aliphatic rings. The van der Waals surface area contributed by atoms with Crippen LogP contribution >= 0.6 is 11.6 Å². The van der Waals surface area contributed by atoms with Crippen molar-refractivity contribution in [1.82, 2.24) is 10.3 Å². The van der Waals surface area contributed by atoms with E-state index in [1.165, 1.54) is 16.7 Å². The number of hydrogen-bond donors (Lipinski definition) is 1. The molecular formula is C19H22ClN3O. The summed E-state index contributed by atoms with van der Waals surface area (Å²) in [4.78, 5) is 6.94. The van der Waals surface area contributed by atoms with Gasteiger partial charge >= 0.3 is 0 Å². The van der Waals surface area contributed by atoms with Crippen LogP contribution in [0, 0.1) is 0 Å². The zero-order valence-electron chi connectivity index (χ0n) is 13.7. The largest absolute Gasteiger partial charge is 0.378 e. The van der Waals surface area contributed by atoms with Crippen molar-refractivity contribution in [2.24, 2.45) is 0 Å². The Labute approximate surface area is 147 Å². The van der Waals surface area contributed by atoms with Crippen molar-refractivity contribution in [2.45, 2.75) is 25.4 Å². The summed E-state index contributed by atoms with van der Waals surface area (Å²) in [6, 6.07) is 10.8. The maximum absolute atomic E-state index is 6.11. The van der Waals surface area contributed by atoms with Crippen LogP contribution < -0.4 is 10.2 Å². The van der Waals surface area contributed by atoms with E-state index in [1.807, 2.05) is 18.3 Å². The fourth-order valence-electron chi connectivity index (χ4n) is 3.66. The molecule has 24 heavy (non-hydrogen) atoms. The maximum Gasteiger partial charge on any atom is 0.133 e. The number of rotatable bonds is 4. The molecule has 4 nitrogen and oxygen atoms in total. The molecule has 1 unspecified atom stereocenters. The van der Waals surface area contributed by atoms with Gasteiger partial charge in [0.25, 0.3) is 0 Å². The Morgan fingerprint density at radius 2 is 2.12 bits per heavy atom. The van der Waals surface area contributed by atoms with Gasteiger partial charge in [0, 0.05) is 42.5 Å². The Morgan fingerprint density at radius 3 is 3.00 bits per heavy atom. The first-order valence-corrected chi connectivity index (χ1v) is 8.97. The van der Waals surface area contributed by atoms with Gasteiger partial charge in [-0.3, -0.25) is 0 Å². The highest BCUT2D eigenvalue weighted by molar-refractivity contribution is 6.30. The third-order valence-electron chi connectivity index (χ3n) is 4.90. The molecule has 1 fully saturated rings. The quantitative estimate of drug-likeness (QED) is 0.923. The predicted octanol–water partition coefficient (Wildman–Crippen LogP) is 3.35. The van der Waals surface area contributed by atoms with Crippen molar-refractivity contribution in [2.75, 3.05) is 31.2 Å².